The standard InChI is InChI=1S/C6H7N5.ClH/c7-3-5-1-2-6-8-9-10-11(6)4-5;/h1-2,4H,3,7H2;1H. The highest BCUT2D eigenvalue weighted by Gasteiger charge is 1.95. The van der Waals surface area contributed by atoms with Crippen molar-refractivity contribution in [2.75, 3.05) is 0 Å². The van der Waals surface area contributed by atoms with Crippen LogP contribution in [0, 0.1) is 0 Å². The van der Waals surface area contributed by atoms with E-state index >= 15 is 0 Å². The summed E-state index contributed by atoms with van der Waals surface area (Å²) >= 11 is 0. The molecule has 0 aliphatic carbocycles. The Hall–Kier alpha value is -1.20. The highest BCUT2D eigenvalue weighted by molar-refractivity contribution is 5.85. The first kappa shape index (κ1) is 8.89. The maximum absolute atomic E-state index is 5.43. The van der Waals surface area contributed by atoms with Crippen LogP contribution in [0.2, 0.25) is 0 Å². The lowest BCUT2D eigenvalue weighted by molar-refractivity contribution is 0.816. The normalized spacial score (nSPS) is 9.75. The van der Waals surface area contributed by atoms with E-state index in [1.807, 2.05) is 18.3 Å². The third-order valence-electron chi connectivity index (χ3n) is 1.49. The van der Waals surface area contributed by atoms with Crippen molar-refractivity contribution < 1.29 is 0 Å². The van der Waals surface area contributed by atoms with Crippen molar-refractivity contribution in [1.29, 1.82) is 0 Å². The molecule has 2 N–H and O–H groups in total. The van der Waals surface area contributed by atoms with Gasteiger partial charge in [0.15, 0.2) is 5.65 Å². The van der Waals surface area contributed by atoms with Gasteiger partial charge in [-0.2, -0.15) is 0 Å². The first-order chi connectivity index (χ1) is 5.40. The predicted octanol–water partition coefficient (Wildman–Crippen LogP) is 0.00480. The Bertz CT molecular complexity index is 371. The minimum Gasteiger partial charge on any atom is -0.326 e. The van der Waals surface area contributed by atoms with Crippen LogP contribution in [0.1, 0.15) is 5.56 Å². The highest BCUT2D eigenvalue weighted by atomic mass is 35.5. The van der Waals surface area contributed by atoms with Crippen molar-refractivity contribution in [3.05, 3.63) is 23.9 Å². The maximum atomic E-state index is 5.43. The summed E-state index contributed by atoms with van der Waals surface area (Å²) in [7, 11) is 0. The van der Waals surface area contributed by atoms with Crippen LogP contribution < -0.4 is 5.73 Å². The van der Waals surface area contributed by atoms with Crippen molar-refractivity contribution in [2.24, 2.45) is 5.73 Å². The van der Waals surface area contributed by atoms with Gasteiger partial charge in [-0.3, -0.25) is 0 Å². The summed E-state index contributed by atoms with van der Waals surface area (Å²) in [5.74, 6) is 0. The molecule has 0 saturated carbocycles. The summed E-state index contributed by atoms with van der Waals surface area (Å²) in [6, 6.07) is 3.74. The quantitative estimate of drug-likeness (QED) is 0.680. The van der Waals surface area contributed by atoms with Crippen LogP contribution in [0.15, 0.2) is 18.3 Å². The van der Waals surface area contributed by atoms with Gasteiger partial charge in [-0.25, -0.2) is 4.52 Å². The third kappa shape index (κ3) is 1.37. The molecule has 0 saturated heterocycles. The molecule has 0 atom stereocenters. The summed E-state index contributed by atoms with van der Waals surface area (Å²) in [6.07, 6.45) is 1.81. The van der Waals surface area contributed by atoms with Crippen molar-refractivity contribution in [2.45, 2.75) is 6.54 Å². The van der Waals surface area contributed by atoms with E-state index in [0.717, 1.165) is 11.2 Å². The topological polar surface area (TPSA) is 69.1 Å². The van der Waals surface area contributed by atoms with Crippen molar-refractivity contribution >= 4 is 18.1 Å². The second kappa shape index (κ2) is 3.46. The summed E-state index contributed by atoms with van der Waals surface area (Å²) in [4.78, 5) is 0. The third-order valence-corrected chi connectivity index (χ3v) is 1.49. The predicted molar refractivity (Wildman–Crippen MR) is 45.9 cm³/mol. The number of hydrogen-bond acceptors (Lipinski definition) is 4. The van der Waals surface area contributed by atoms with Crippen molar-refractivity contribution in [3.63, 3.8) is 0 Å². The van der Waals surface area contributed by atoms with E-state index < -0.39 is 0 Å². The van der Waals surface area contributed by atoms with Crippen LogP contribution in [0.3, 0.4) is 0 Å². The van der Waals surface area contributed by atoms with Crippen LogP contribution in [0.5, 0.6) is 0 Å². The molecule has 5 nitrogen and oxygen atoms in total. The first-order valence-corrected chi connectivity index (χ1v) is 3.27. The Morgan fingerprint density at radius 1 is 1.42 bits per heavy atom. The minimum atomic E-state index is 0. The van der Waals surface area contributed by atoms with Gasteiger partial charge < -0.3 is 5.73 Å². The lowest BCUT2D eigenvalue weighted by atomic mass is 10.3. The molecule has 12 heavy (non-hydrogen) atoms. The SMILES string of the molecule is Cl.NCc1ccc2nnnn2c1. The van der Waals surface area contributed by atoms with Gasteiger partial charge >= 0.3 is 0 Å². The van der Waals surface area contributed by atoms with Gasteiger partial charge in [0, 0.05) is 12.7 Å². The van der Waals surface area contributed by atoms with E-state index in [4.69, 9.17) is 5.73 Å². The van der Waals surface area contributed by atoms with E-state index in [1.165, 1.54) is 0 Å². The molecule has 0 unspecified atom stereocenters. The highest BCUT2D eigenvalue weighted by Crippen LogP contribution is 1.99. The van der Waals surface area contributed by atoms with Gasteiger partial charge in [0.25, 0.3) is 0 Å². The average molecular weight is 186 g/mol. The lowest BCUT2D eigenvalue weighted by Gasteiger charge is -1.94. The molecule has 2 heterocycles. The molecule has 64 valence electrons. The Labute approximate surface area is 75.0 Å². The monoisotopic (exact) mass is 185 g/mol. The lowest BCUT2D eigenvalue weighted by Crippen LogP contribution is -1.98. The number of nitrogens with two attached hydrogens (primary N) is 1. The van der Waals surface area contributed by atoms with E-state index in [0.29, 0.717) is 6.54 Å². The summed E-state index contributed by atoms with van der Waals surface area (Å²) in [5.41, 5.74) is 7.18. The molecule has 0 radical (unpaired) electrons. The average Bonchev–Trinajstić information content (AvgIpc) is 2.50. The molecular formula is C6H8ClN5. The Morgan fingerprint density at radius 2 is 2.25 bits per heavy atom. The molecule has 0 fully saturated rings. The minimum absolute atomic E-state index is 0. The Kier molecular flexibility index (Phi) is 2.57. The van der Waals surface area contributed by atoms with Crippen molar-refractivity contribution in [3.8, 4) is 0 Å². The maximum Gasteiger partial charge on any atom is 0.179 e. The number of rotatable bonds is 1. The zero-order valence-corrected chi connectivity index (χ0v) is 7.03. The fraction of sp³-hybridized carbons (Fsp3) is 0.167. The van der Waals surface area contributed by atoms with Crippen LogP contribution in [-0.4, -0.2) is 20.0 Å². The zero-order valence-electron chi connectivity index (χ0n) is 6.21. The van der Waals surface area contributed by atoms with Crippen LogP contribution in [0.4, 0.5) is 0 Å². The Balaban J connectivity index is 0.000000720. The van der Waals surface area contributed by atoms with Crippen LogP contribution in [-0.2, 0) is 6.54 Å². The molecule has 0 aliphatic heterocycles. The van der Waals surface area contributed by atoms with Gasteiger partial charge in [-0.05, 0) is 22.1 Å². The summed E-state index contributed by atoms with van der Waals surface area (Å²) in [6.45, 7) is 0.510. The molecule has 2 aromatic heterocycles. The number of nitrogens with zero attached hydrogens (tertiary/aromatic N) is 4. The molecule has 0 aliphatic rings. The van der Waals surface area contributed by atoms with Crippen LogP contribution in [0.25, 0.3) is 5.65 Å². The molecule has 0 spiro atoms. The number of aromatic nitrogens is 4. The zero-order chi connectivity index (χ0) is 7.68. The molecule has 6 heteroatoms. The van der Waals surface area contributed by atoms with Gasteiger partial charge in [0.2, 0.25) is 0 Å². The molecular weight excluding hydrogens is 178 g/mol. The fourth-order valence-electron chi connectivity index (χ4n) is 0.905. The van der Waals surface area contributed by atoms with Crippen LogP contribution >= 0.6 is 12.4 Å². The second-order valence-electron chi connectivity index (χ2n) is 2.22. The van der Waals surface area contributed by atoms with E-state index in [-0.39, 0.29) is 12.4 Å². The first-order valence-electron chi connectivity index (χ1n) is 3.27. The van der Waals surface area contributed by atoms with Gasteiger partial charge in [-0.15, -0.1) is 17.5 Å². The van der Waals surface area contributed by atoms with E-state index in [1.54, 1.807) is 4.52 Å². The van der Waals surface area contributed by atoms with Gasteiger partial charge in [-0.1, -0.05) is 6.07 Å². The van der Waals surface area contributed by atoms with Gasteiger partial charge in [0.1, 0.15) is 0 Å². The number of tetrazole rings is 1. The Morgan fingerprint density at radius 3 is 3.00 bits per heavy atom. The number of pyridine rings is 1. The number of hydrogen-bond donors (Lipinski definition) is 1. The molecule has 0 aromatic carbocycles. The van der Waals surface area contributed by atoms with E-state index in [9.17, 15) is 0 Å². The summed E-state index contributed by atoms with van der Waals surface area (Å²) in [5, 5.41) is 11.0. The fourth-order valence-corrected chi connectivity index (χ4v) is 0.905. The van der Waals surface area contributed by atoms with Gasteiger partial charge in [0.05, 0.1) is 0 Å². The number of halogens is 1. The molecule has 0 bridgehead atoms. The van der Waals surface area contributed by atoms with Crippen molar-refractivity contribution in [1.82, 2.24) is 20.0 Å². The smallest absolute Gasteiger partial charge is 0.179 e. The summed E-state index contributed by atoms with van der Waals surface area (Å²) < 4.78 is 1.60. The second-order valence-corrected chi connectivity index (χ2v) is 2.22. The molecule has 2 aromatic rings. The largest absolute Gasteiger partial charge is 0.326 e. The molecule has 0 amide bonds. The van der Waals surface area contributed by atoms with E-state index in [2.05, 4.69) is 15.5 Å². The molecule has 2 rings (SSSR count). The number of fused-ring (bicyclic) bond motifs is 1.